The quantitative estimate of drug-likeness (QED) is 0.744. The smallest absolute Gasteiger partial charge is 0.254 e. The van der Waals surface area contributed by atoms with Gasteiger partial charge in [0.2, 0.25) is 0 Å². The number of carbonyl (C=O) groups is 1. The normalized spacial score (nSPS) is 20.6. The van der Waals surface area contributed by atoms with Crippen LogP contribution < -0.4 is 0 Å². The Morgan fingerprint density at radius 3 is 2.67 bits per heavy atom. The summed E-state index contributed by atoms with van der Waals surface area (Å²) in [4.78, 5) is 14.5. The van der Waals surface area contributed by atoms with Crippen molar-refractivity contribution in [1.82, 2.24) is 4.90 Å². The zero-order valence-electron chi connectivity index (χ0n) is 10.9. The predicted molar refractivity (Wildman–Crippen MR) is 75.0 cm³/mol. The van der Waals surface area contributed by atoms with Gasteiger partial charge < -0.3 is 4.90 Å². The van der Waals surface area contributed by atoms with Crippen LogP contribution in [0.1, 0.15) is 48.5 Å². The standard InChI is InChI=1S/C15H20ClNO/c1-12-5-3-2-4-10-17(12)15(18)14-8-6-13(11-16)7-9-14/h6-9,12H,2-5,10-11H2,1H3. The Bertz CT molecular complexity index is 401. The summed E-state index contributed by atoms with van der Waals surface area (Å²) in [5.74, 6) is 0.653. The second-order valence-electron chi connectivity index (χ2n) is 5.03. The second kappa shape index (κ2) is 6.24. The highest BCUT2D eigenvalue weighted by molar-refractivity contribution is 6.17. The van der Waals surface area contributed by atoms with Crippen LogP contribution in [0, 0.1) is 0 Å². The molecule has 1 atom stereocenters. The number of amides is 1. The molecule has 2 nitrogen and oxygen atoms in total. The van der Waals surface area contributed by atoms with E-state index in [9.17, 15) is 4.79 Å². The molecule has 1 fully saturated rings. The maximum absolute atomic E-state index is 12.5. The minimum atomic E-state index is 0.158. The predicted octanol–water partition coefficient (Wildman–Crippen LogP) is 3.83. The van der Waals surface area contributed by atoms with E-state index in [1.807, 2.05) is 29.2 Å². The van der Waals surface area contributed by atoms with Crippen molar-refractivity contribution in [2.45, 2.75) is 44.5 Å². The van der Waals surface area contributed by atoms with Gasteiger partial charge in [-0.15, -0.1) is 11.6 Å². The third-order valence-electron chi connectivity index (χ3n) is 3.67. The molecule has 0 aromatic heterocycles. The first-order valence-corrected chi connectivity index (χ1v) is 7.21. The van der Waals surface area contributed by atoms with Crippen molar-refractivity contribution in [3.8, 4) is 0 Å². The van der Waals surface area contributed by atoms with Crippen molar-refractivity contribution >= 4 is 17.5 Å². The Balaban J connectivity index is 2.13. The highest BCUT2D eigenvalue weighted by Gasteiger charge is 2.22. The molecular formula is C15H20ClNO. The Labute approximate surface area is 114 Å². The van der Waals surface area contributed by atoms with Crippen molar-refractivity contribution < 1.29 is 4.79 Å². The first-order chi connectivity index (χ1) is 8.72. The lowest BCUT2D eigenvalue weighted by molar-refractivity contribution is 0.0698. The Kier molecular flexibility index (Phi) is 4.65. The summed E-state index contributed by atoms with van der Waals surface area (Å²) in [5, 5.41) is 0. The fraction of sp³-hybridized carbons (Fsp3) is 0.533. The topological polar surface area (TPSA) is 20.3 Å². The maximum atomic E-state index is 12.5. The molecule has 0 N–H and O–H groups in total. The molecular weight excluding hydrogens is 246 g/mol. The number of hydrogen-bond acceptors (Lipinski definition) is 1. The van der Waals surface area contributed by atoms with Crippen LogP contribution in [0.2, 0.25) is 0 Å². The number of hydrogen-bond donors (Lipinski definition) is 0. The molecule has 0 saturated carbocycles. The van der Waals surface area contributed by atoms with Gasteiger partial charge in [-0.3, -0.25) is 4.79 Å². The SMILES string of the molecule is CC1CCCCCN1C(=O)c1ccc(CCl)cc1. The second-order valence-corrected chi connectivity index (χ2v) is 5.29. The van der Waals surface area contributed by atoms with Crippen LogP contribution in [0.3, 0.4) is 0 Å². The number of carbonyl (C=O) groups excluding carboxylic acids is 1. The van der Waals surface area contributed by atoms with Crippen LogP contribution in [-0.4, -0.2) is 23.4 Å². The molecule has 0 aliphatic carbocycles. The van der Waals surface area contributed by atoms with Gasteiger partial charge in [0, 0.05) is 24.0 Å². The summed E-state index contributed by atoms with van der Waals surface area (Å²) in [5.41, 5.74) is 1.83. The van der Waals surface area contributed by atoms with E-state index >= 15 is 0 Å². The first kappa shape index (κ1) is 13.4. The molecule has 18 heavy (non-hydrogen) atoms. The van der Waals surface area contributed by atoms with Crippen molar-refractivity contribution in [3.05, 3.63) is 35.4 Å². The van der Waals surface area contributed by atoms with Crippen LogP contribution in [-0.2, 0) is 5.88 Å². The lowest BCUT2D eigenvalue weighted by atomic mass is 10.1. The van der Waals surface area contributed by atoms with Crippen LogP contribution >= 0.6 is 11.6 Å². The van der Waals surface area contributed by atoms with Gasteiger partial charge >= 0.3 is 0 Å². The van der Waals surface area contributed by atoms with Gasteiger partial charge in [0.25, 0.3) is 5.91 Å². The molecule has 1 saturated heterocycles. The van der Waals surface area contributed by atoms with Crippen molar-refractivity contribution in [2.24, 2.45) is 0 Å². The molecule has 0 radical (unpaired) electrons. The van der Waals surface area contributed by atoms with E-state index in [1.54, 1.807) is 0 Å². The van der Waals surface area contributed by atoms with Gasteiger partial charge in [0.1, 0.15) is 0 Å². The molecule has 1 heterocycles. The van der Waals surface area contributed by atoms with Gasteiger partial charge in [-0.05, 0) is 37.5 Å². The number of alkyl halides is 1. The van der Waals surface area contributed by atoms with Gasteiger partial charge in [0.05, 0.1) is 0 Å². The first-order valence-electron chi connectivity index (χ1n) is 6.68. The van der Waals surface area contributed by atoms with Gasteiger partial charge in [-0.25, -0.2) is 0 Å². The zero-order valence-corrected chi connectivity index (χ0v) is 11.6. The summed E-state index contributed by atoms with van der Waals surface area (Å²) in [6.45, 7) is 3.04. The lowest BCUT2D eigenvalue weighted by Crippen LogP contribution is -2.38. The van der Waals surface area contributed by atoms with E-state index in [4.69, 9.17) is 11.6 Å². The number of rotatable bonds is 2. The summed E-state index contributed by atoms with van der Waals surface area (Å²) in [6, 6.07) is 7.99. The molecule has 1 amide bonds. The number of likely N-dealkylation sites (tertiary alicyclic amines) is 1. The van der Waals surface area contributed by atoms with E-state index in [-0.39, 0.29) is 5.91 Å². The number of benzene rings is 1. The monoisotopic (exact) mass is 265 g/mol. The highest BCUT2D eigenvalue weighted by atomic mass is 35.5. The molecule has 3 heteroatoms. The lowest BCUT2D eigenvalue weighted by Gasteiger charge is -2.27. The molecule has 1 aromatic carbocycles. The fourth-order valence-corrected chi connectivity index (χ4v) is 2.66. The summed E-state index contributed by atoms with van der Waals surface area (Å²) >= 11 is 5.76. The van der Waals surface area contributed by atoms with Gasteiger partial charge in [-0.2, -0.15) is 0 Å². The van der Waals surface area contributed by atoms with E-state index < -0.39 is 0 Å². The van der Waals surface area contributed by atoms with Crippen molar-refractivity contribution in [1.29, 1.82) is 0 Å². The minimum Gasteiger partial charge on any atom is -0.336 e. The summed E-state index contributed by atoms with van der Waals surface area (Å²) < 4.78 is 0. The molecule has 0 spiro atoms. The largest absolute Gasteiger partial charge is 0.336 e. The Morgan fingerprint density at radius 1 is 1.28 bits per heavy atom. The molecule has 98 valence electrons. The van der Waals surface area contributed by atoms with E-state index in [0.29, 0.717) is 11.9 Å². The average Bonchev–Trinajstić information content (AvgIpc) is 2.63. The molecule has 1 aromatic rings. The number of nitrogens with zero attached hydrogens (tertiary/aromatic N) is 1. The summed E-state index contributed by atoms with van der Waals surface area (Å²) in [6.07, 6.45) is 4.71. The zero-order chi connectivity index (χ0) is 13.0. The van der Waals surface area contributed by atoms with E-state index in [2.05, 4.69) is 6.92 Å². The Hall–Kier alpha value is -1.02. The number of halogens is 1. The van der Waals surface area contributed by atoms with Crippen LogP contribution in [0.25, 0.3) is 0 Å². The Morgan fingerprint density at radius 2 is 2.00 bits per heavy atom. The van der Waals surface area contributed by atoms with Gasteiger partial charge in [0.15, 0.2) is 0 Å². The fourth-order valence-electron chi connectivity index (χ4n) is 2.48. The highest BCUT2D eigenvalue weighted by Crippen LogP contribution is 2.19. The van der Waals surface area contributed by atoms with Crippen LogP contribution in [0.4, 0.5) is 0 Å². The van der Waals surface area contributed by atoms with E-state index in [1.165, 1.54) is 12.8 Å². The van der Waals surface area contributed by atoms with Crippen molar-refractivity contribution in [3.63, 3.8) is 0 Å². The van der Waals surface area contributed by atoms with E-state index in [0.717, 1.165) is 30.5 Å². The molecule has 1 aliphatic heterocycles. The molecule has 1 aliphatic rings. The molecule has 2 rings (SSSR count). The van der Waals surface area contributed by atoms with Crippen molar-refractivity contribution in [2.75, 3.05) is 6.54 Å². The van der Waals surface area contributed by atoms with Gasteiger partial charge in [-0.1, -0.05) is 25.0 Å². The summed E-state index contributed by atoms with van der Waals surface area (Å²) in [7, 11) is 0. The molecule has 0 bridgehead atoms. The third-order valence-corrected chi connectivity index (χ3v) is 3.98. The average molecular weight is 266 g/mol. The van der Waals surface area contributed by atoms with Crippen LogP contribution in [0.5, 0.6) is 0 Å². The van der Waals surface area contributed by atoms with Crippen LogP contribution in [0.15, 0.2) is 24.3 Å². The molecule has 1 unspecified atom stereocenters. The maximum Gasteiger partial charge on any atom is 0.254 e. The third kappa shape index (κ3) is 3.05. The minimum absolute atomic E-state index is 0.158.